The molecule has 3 nitrogen and oxygen atoms in total. The van der Waals surface area contributed by atoms with Gasteiger partial charge in [0, 0.05) is 23.7 Å². The van der Waals surface area contributed by atoms with Crippen molar-refractivity contribution in [3.8, 4) is 0 Å². The van der Waals surface area contributed by atoms with Gasteiger partial charge in [-0.3, -0.25) is 4.79 Å². The van der Waals surface area contributed by atoms with Crippen LogP contribution in [0, 0.1) is 5.92 Å². The van der Waals surface area contributed by atoms with E-state index in [1.54, 1.807) is 11.3 Å². The monoisotopic (exact) mass is 342 g/mol. The van der Waals surface area contributed by atoms with Crippen LogP contribution in [0.3, 0.4) is 0 Å². The van der Waals surface area contributed by atoms with Crippen molar-refractivity contribution >= 4 is 22.9 Å². The number of nitrogens with zero attached hydrogens (tertiary/aromatic N) is 1. The summed E-state index contributed by atoms with van der Waals surface area (Å²) in [6.07, 6.45) is 3.08. The number of anilines is 1. The first-order valence-corrected chi connectivity index (χ1v) is 9.66. The third-order valence-electron chi connectivity index (χ3n) is 4.71. The topological polar surface area (TPSA) is 32.3 Å². The van der Waals surface area contributed by atoms with Crippen molar-refractivity contribution in [2.45, 2.75) is 39.2 Å². The molecule has 1 N–H and O–H groups in total. The van der Waals surface area contributed by atoms with Crippen LogP contribution in [-0.4, -0.2) is 19.0 Å². The number of hydrogen-bond acceptors (Lipinski definition) is 3. The Kier molecular flexibility index (Phi) is 5.56. The van der Waals surface area contributed by atoms with Gasteiger partial charge < -0.3 is 10.2 Å². The second-order valence-electron chi connectivity index (χ2n) is 6.83. The molecule has 0 bridgehead atoms. The SMILES string of the molecule is C[C@@H]1CCCN(c2ccc([C@@H](C)NC(=O)Cc3cccs3)cc2)C1. The number of benzene rings is 1. The van der Waals surface area contributed by atoms with Crippen molar-refractivity contribution in [2.75, 3.05) is 18.0 Å². The van der Waals surface area contributed by atoms with E-state index in [9.17, 15) is 4.79 Å². The molecule has 0 aliphatic carbocycles. The van der Waals surface area contributed by atoms with Gasteiger partial charge >= 0.3 is 0 Å². The number of nitrogens with one attached hydrogen (secondary N) is 1. The zero-order valence-corrected chi connectivity index (χ0v) is 15.3. The fourth-order valence-electron chi connectivity index (χ4n) is 3.34. The summed E-state index contributed by atoms with van der Waals surface area (Å²) in [5.74, 6) is 0.854. The standard InChI is InChI=1S/C20H26N2OS/c1-15-5-3-11-22(14-15)18-9-7-17(8-10-18)16(2)21-20(23)13-19-6-4-12-24-19/h4,6-10,12,15-16H,3,5,11,13-14H2,1-2H3,(H,21,23)/t15-,16-/m1/s1. The van der Waals surface area contributed by atoms with E-state index in [-0.39, 0.29) is 11.9 Å². The molecule has 2 aromatic rings. The Labute approximate surface area is 148 Å². The van der Waals surface area contributed by atoms with Crippen LogP contribution in [0.4, 0.5) is 5.69 Å². The van der Waals surface area contributed by atoms with Crippen LogP contribution in [0.15, 0.2) is 41.8 Å². The normalized spacial score (nSPS) is 19.1. The number of hydrogen-bond donors (Lipinski definition) is 1. The molecule has 0 spiro atoms. The number of carbonyl (C=O) groups excluding carboxylic acids is 1. The van der Waals surface area contributed by atoms with Crippen LogP contribution in [0.1, 0.15) is 43.2 Å². The predicted octanol–water partition coefficient (Wildman–Crippen LogP) is 4.40. The van der Waals surface area contributed by atoms with Gasteiger partial charge in [0.25, 0.3) is 0 Å². The Hall–Kier alpha value is -1.81. The maximum atomic E-state index is 12.1. The van der Waals surface area contributed by atoms with Crippen molar-refractivity contribution in [1.29, 1.82) is 0 Å². The average molecular weight is 343 g/mol. The summed E-state index contributed by atoms with van der Waals surface area (Å²) in [6, 6.07) is 12.7. The largest absolute Gasteiger partial charge is 0.371 e. The lowest BCUT2D eigenvalue weighted by Crippen LogP contribution is -2.34. The van der Waals surface area contributed by atoms with Gasteiger partial charge in [-0.05, 0) is 54.8 Å². The Morgan fingerprint density at radius 2 is 2.12 bits per heavy atom. The van der Waals surface area contributed by atoms with Crippen LogP contribution in [0.25, 0.3) is 0 Å². The Balaban J connectivity index is 1.57. The number of carbonyl (C=O) groups is 1. The Bertz CT molecular complexity index is 651. The smallest absolute Gasteiger partial charge is 0.225 e. The third-order valence-corrected chi connectivity index (χ3v) is 5.58. The first-order chi connectivity index (χ1) is 11.6. The highest BCUT2D eigenvalue weighted by atomic mass is 32.1. The highest BCUT2D eigenvalue weighted by molar-refractivity contribution is 7.10. The van der Waals surface area contributed by atoms with Gasteiger partial charge in [-0.25, -0.2) is 0 Å². The summed E-state index contributed by atoms with van der Waals surface area (Å²) < 4.78 is 0. The van der Waals surface area contributed by atoms with E-state index < -0.39 is 0 Å². The van der Waals surface area contributed by atoms with Crippen molar-refractivity contribution in [3.63, 3.8) is 0 Å². The molecule has 0 unspecified atom stereocenters. The molecule has 0 saturated carbocycles. The molecule has 1 saturated heterocycles. The minimum absolute atomic E-state index is 0.0341. The van der Waals surface area contributed by atoms with Gasteiger partial charge in [0.1, 0.15) is 0 Å². The molecular weight excluding hydrogens is 316 g/mol. The van der Waals surface area contributed by atoms with Gasteiger partial charge in [0.05, 0.1) is 12.5 Å². The first-order valence-electron chi connectivity index (χ1n) is 8.78. The molecule has 2 heterocycles. The minimum atomic E-state index is 0.0341. The van der Waals surface area contributed by atoms with Crippen molar-refractivity contribution in [2.24, 2.45) is 5.92 Å². The highest BCUT2D eigenvalue weighted by Crippen LogP contribution is 2.24. The lowest BCUT2D eigenvalue weighted by atomic mass is 9.99. The molecule has 0 radical (unpaired) electrons. The summed E-state index contributed by atoms with van der Waals surface area (Å²) in [4.78, 5) is 15.7. The van der Waals surface area contributed by atoms with E-state index in [0.717, 1.165) is 29.4 Å². The molecule has 1 aliphatic heterocycles. The average Bonchev–Trinajstić information content (AvgIpc) is 3.07. The Morgan fingerprint density at radius 1 is 1.33 bits per heavy atom. The number of rotatable bonds is 5. The predicted molar refractivity (Wildman–Crippen MR) is 102 cm³/mol. The van der Waals surface area contributed by atoms with E-state index in [2.05, 4.69) is 41.4 Å². The molecule has 1 aromatic heterocycles. The second-order valence-corrected chi connectivity index (χ2v) is 7.86. The van der Waals surface area contributed by atoms with E-state index in [1.807, 2.05) is 24.4 Å². The van der Waals surface area contributed by atoms with Gasteiger partial charge in [-0.15, -0.1) is 11.3 Å². The van der Waals surface area contributed by atoms with Crippen molar-refractivity contribution in [3.05, 3.63) is 52.2 Å². The molecule has 128 valence electrons. The molecule has 24 heavy (non-hydrogen) atoms. The summed E-state index contributed by atoms with van der Waals surface area (Å²) in [6.45, 7) is 6.67. The molecule has 1 fully saturated rings. The fourth-order valence-corrected chi connectivity index (χ4v) is 4.05. The van der Waals surface area contributed by atoms with Crippen LogP contribution in [0.2, 0.25) is 0 Å². The maximum absolute atomic E-state index is 12.1. The van der Waals surface area contributed by atoms with E-state index >= 15 is 0 Å². The summed E-state index contributed by atoms with van der Waals surface area (Å²) >= 11 is 1.63. The molecule has 1 aliphatic rings. The quantitative estimate of drug-likeness (QED) is 0.873. The summed E-state index contributed by atoms with van der Waals surface area (Å²) in [5, 5.41) is 5.10. The third kappa shape index (κ3) is 4.38. The molecule has 1 amide bonds. The lowest BCUT2D eigenvalue weighted by Gasteiger charge is -2.33. The number of amides is 1. The Morgan fingerprint density at radius 3 is 2.79 bits per heavy atom. The number of thiophene rings is 1. The van der Waals surface area contributed by atoms with E-state index in [1.165, 1.54) is 18.5 Å². The summed E-state index contributed by atoms with van der Waals surface area (Å²) in [5.41, 5.74) is 2.45. The zero-order chi connectivity index (χ0) is 16.9. The van der Waals surface area contributed by atoms with Crippen LogP contribution in [-0.2, 0) is 11.2 Å². The van der Waals surface area contributed by atoms with E-state index in [0.29, 0.717) is 6.42 Å². The highest BCUT2D eigenvalue weighted by Gasteiger charge is 2.17. The lowest BCUT2D eigenvalue weighted by molar-refractivity contribution is -0.121. The van der Waals surface area contributed by atoms with Gasteiger partial charge in [-0.1, -0.05) is 25.1 Å². The first kappa shape index (κ1) is 17.0. The van der Waals surface area contributed by atoms with Crippen LogP contribution in [0.5, 0.6) is 0 Å². The van der Waals surface area contributed by atoms with Crippen LogP contribution >= 0.6 is 11.3 Å². The molecule has 3 rings (SSSR count). The van der Waals surface area contributed by atoms with Crippen LogP contribution < -0.4 is 10.2 Å². The maximum Gasteiger partial charge on any atom is 0.225 e. The molecule has 1 aromatic carbocycles. The zero-order valence-electron chi connectivity index (χ0n) is 14.5. The van der Waals surface area contributed by atoms with Gasteiger partial charge in [-0.2, -0.15) is 0 Å². The van der Waals surface area contributed by atoms with Crippen molar-refractivity contribution in [1.82, 2.24) is 5.32 Å². The fraction of sp³-hybridized carbons (Fsp3) is 0.450. The van der Waals surface area contributed by atoms with Crippen molar-refractivity contribution < 1.29 is 4.79 Å². The second kappa shape index (κ2) is 7.84. The minimum Gasteiger partial charge on any atom is -0.371 e. The molecular formula is C20H26N2OS. The van der Waals surface area contributed by atoms with E-state index in [4.69, 9.17) is 0 Å². The summed E-state index contributed by atoms with van der Waals surface area (Å²) in [7, 11) is 0. The van der Waals surface area contributed by atoms with Gasteiger partial charge in [0.15, 0.2) is 0 Å². The number of piperidine rings is 1. The molecule has 2 atom stereocenters. The van der Waals surface area contributed by atoms with Gasteiger partial charge in [0.2, 0.25) is 5.91 Å². The molecule has 4 heteroatoms.